The van der Waals surface area contributed by atoms with Crippen LogP contribution in [-0.4, -0.2) is 41.8 Å². The van der Waals surface area contributed by atoms with Gasteiger partial charge in [0.25, 0.3) is 0 Å². The van der Waals surface area contributed by atoms with Gasteiger partial charge in [0.2, 0.25) is 0 Å². The van der Waals surface area contributed by atoms with E-state index in [-0.39, 0.29) is 18.1 Å². The molecule has 1 heterocycles. The number of hydrogen-bond acceptors (Lipinski definition) is 5. The molecule has 0 unspecified atom stereocenters. The number of hydrogen-bond donors (Lipinski definition) is 0. The molecule has 6 nitrogen and oxygen atoms in total. The Labute approximate surface area is 121 Å². The molecule has 7 heteroatoms. The number of nitrogens with zero attached hydrogens (tertiary/aromatic N) is 3. The molecule has 0 spiro atoms. The van der Waals surface area contributed by atoms with Crippen LogP contribution in [0.5, 0.6) is 0 Å². The highest BCUT2D eigenvalue weighted by atomic mass is 19.1. The Bertz CT molecular complexity index is 628. The number of ether oxygens (including phenoxy) is 2. The Hall–Kier alpha value is -2.28. The first-order chi connectivity index (χ1) is 10.2. The van der Waals surface area contributed by atoms with Gasteiger partial charge in [0.05, 0.1) is 26.0 Å². The van der Waals surface area contributed by atoms with Crippen molar-refractivity contribution in [3.05, 3.63) is 47.0 Å². The number of methoxy groups -OCH3 is 2. The summed E-state index contributed by atoms with van der Waals surface area (Å²) in [6.45, 7) is 0.588. The second-order valence-corrected chi connectivity index (χ2v) is 4.37. The van der Waals surface area contributed by atoms with E-state index in [1.807, 2.05) is 0 Å². The Balaban J connectivity index is 2.32. The topological polar surface area (TPSA) is 66.2 Å². The molecule has 0 saturated heterocycles. The number of carbonyl (C=O) groups excluding carboxylic acids is 1. The standard InChI is InChI=1S/C14H16FN3O3/c1-20-8-7-12-13(14(19)21-2)16-17-18(12)9-10-5-3-4-6-11(10)15/h3-6H,7-9H2,1-2H3. The van der Waals surface area contributed by atoms with Crippen LogP contribution in [0.4, 0.5) is 4.39 Å². The molecule has 2 rings (SSSR count). The highest BCUT2D eigenvalue weighted by Crippen LogP contribution is 2.13. The van der Waals surface area contributed by atoms with Gasteiger partial charge >= 0.3 is 5.97 Å². The molecule has 0 N–H and O–H groups in total. The van der Waals surface area contributed by atoms with Crippen molar-refractivity contribution in [3.8, 4) is 0 Å². The van der Waals surface area contributed by atoms with E-state index in [0.717, 1.165) is 0 Å². The van der Waals surface area contributed by atoms with E-state index in [1.54, 1.807) is 25.3 Å². The molecule has 0 aliphatic heterocycles. The summed E-state index contributed by atoms with van der Waals surface area (Å²) >= 11 is 0. The average Bonchev–Trinajstić information content (AvgIpc) is 2.89. The first kappa shape index (κ1) is 15.1. The molecule has 0 fully saturated rings. The van der Waals surface area contributed by atoms with Gasteiger partial charge < -0.3 is 9.47 Å². The first-order valence-electron chi connectivity index (χ1n) is 6.40. The van der Waals surface area contributed by atoms with E-state index in [0.29, 0.717) is 24.3 Å². The Morgan fingerprint density at radius 2 is 2.10 bits per heavy atom. The van der Waals surface area contributed by atoms with Crippen LogP contribution in [0.15, 0.2) is 24.3 Å². The van der Waals surface area contributed by atoms with Gasteiger partial charge in [0.1, 0.15) is 5.82 Å². The van der Waals surface area contributed by atoms with Gasteiger partial charge in [-0.3, -0.25) is 0 Å². The monoisotopic (exact) mass is 293 g/mol. The van der Waals surface area contributed by atoms with E-state index in [9.17, 15) is 9.18 Å². The predicted octanol–water partition coefficient (Wildman–Crippen LogP) is 1.44. The maximum atomic E-state index is 13.7. The predicted molar refractivity (Wildman–Crippen MR) is 72.4 cm³/mol. The lowest BCUT2D eigenvalue weighted by molar-refractivity contribution is 0.0592. The van der Waals surface area contributed by atoms with Crippen LogP contribution < -0.4 is 0 Å². The molecular formula is C14H16FN3O3. The molecule has 0 bridgehead atoms. The number of esters is 1. The molecule has 1 aromatic heterocycles. The van der Waals surface area contributed by atoms with Crippen molar-refractivity contribution in [1.82, 2.24) is 15.0 Å². The molecule has 0 aliphatic carbocycles. The summed E-state index contributed by atoms with van der Waals surface area (Å²) < 4.78 is 24.9. The molecule has 0 saturated carbocycles. The summed E-state index contributed by atoms with van der Waals surface area (Å²) in [6.07, 6.45) is 0.433. The third-order valence-electron chi connectivity index (χ3n) is 3.04. The average molecular weight is 293 g/mol. The molecule has 0 radical (unpaired) electrons. The summed E-state index contributed by atoms with van der Waals surface area (Å²) in [4.78, 5) is 11.7. The number of aromatic nitrogens is 3. The summed E-state index contributed by atoms with van der Waals surface area (Å²) in [7, 11) is 2.83. The first-order valence-corrected chi connectivity index (χ1v) is 6.40. The van der Waals surface area contributed by atoms with Gasteiger partial charge in [-0.05, 0) is 6.07 Å². The van der Waals surface area contributed by atoms with E-state index < -0.39 is 5.97 Å². The van der Waals surface area contributed by atoms with Gasteiger partial charge in [-0.2, -0.15) is 0 Å². The van der Waals surface area contributed by atoms with Crippen molar-refractivity contribution < 1.29 is 18.7 Å². The maximum absolute atomic E-state index is 13.7. The molecule has 0 atom stereocenters. The molecule has 0 amide bonds. The quantitative estimate of drug-likeness (QED) is 0.754. The summed E-state index contributed by atoms with van der Waals surface area (Å²) in [5, 5.41) is 7.74. The third-order valence-corrected chi connectivity index (χ3v) is 3.04. The van der Waals surface area contributed by atoms with Crippen LogP contribution in [0.2, 0.25) is 0 Å². The lowest BCUT2D eigenvalue weighted by atomic mass is 10.2. The number of benzene rings is 1. The number of rotatable bonds is 6. The lowest BCUT2D eigenvalue weighted by Gasteiger charge is -2.08. The van der Waals surface area contributed by atoms with Crippen LogP contribution in [-0.2, 0) is 22.4 Å². The van der Waals surface area contributed by atoms with E-state index in [4.69, 9.17) is 4.74 Å². The molecule has 112 valence electrons. The van der Waals surface area contributed by atoms with Crippen LogP contribution >= 0.6 is 0 Å². The zero-order valence-electron chi connectivity index (χ0n) is 11.9. The smallest absolute Gasteiger partial charge is 0.360 e. The van der Waals surface area contributed by atoms with Crippen LogP contribution in [0.25, 0.3) is 0 Å². The molecule has 2 aromatic rings. The number of halogens is 1. The molecule has 0 aliphatic rings. The Kier molecular flexibility index (Phi) is 4.99. The molecule has 21 heavy (non-hydrogen) atoms. The normalized spacial score (nSPS) is 10.6. The van der Waals surface area contributed by atoms with Crippen molar-refractivity contribution in [2.24, 2.45) is 0 Å². The van der Waals surface area contributed by atoms with E-state index in [2.05, 4.69) is 15.0 Å². The minimum absolute atomic E-state index is 0.130. The molecular weight excluding hydrogens is 277 g/mol. The lowest BCUT2D eigenvalue weighted by Crippen LogP contribution is -2.13. The van der Waals surface area contributed by atoms with Gasteiger partial charge in [0, 0.05) is 19.1 Å². The summed E-state index contributed by atoms with van der Waals surface area (Å²) in [5.41, 5.74) is 1.16. The van der Waals surface area contributed by atoms with Crippen molar-refractivity contribution in [2.45, 2.75) is 13.0 Å². The van der Waals surface area contributed by atoms with E-state index >= 15 is 0 Å². The van der Waals surface area contributed by atoms with Crippen molar-refractivity contribution in [3.63, 3.8) is 0 Å². The minimum Gasteiger partial charge on any atom is -0.464 e. The van der Waals surface area contributed by atoms with Gasteiger partial charge in [-0.15, -0.1) is 5.10 Å². The Morgan fingerprint density at radius 3 is 2.76 bits per heavy atom. The van der Waals surface area contributed by atoms with Crippen LogP contribution in [0.1, 0.15) is 21.7 Å². The fourth-order valence-corrected chi connectivity index (χ4v) is 1.95. The largest absolute Gasteiger partial charge is 0.464 e. The summed E-state index contributed by atoms with van der Waals surface area (Å²) in [6, 6.07) is 6.40. The summed E-state index contributed by atoms with van der Waals surface area (Å²) in [5.74, 6) is -0.897. The zero-order chi connectivity index (χ0) is 15.2. The second-order valence-electron chi connectivity index (χ2n) is 4.37. The van der Waals surface area contributed by atoms with E-state index in [1.165, 1.54) is 17.9 Å². The molecule has 1 aromatic carbocycles. The van der Waals surface area contributed by atoms with Crippen LogP contribution in [0, 0.1) is 5.82 Å². The Morgan fingerprint density at radius 1 is 1.33 bits per heavy atom. The fraction of sp³-hybridized carbons (Fsp3) is 0.357. The van der Waals surface area contributed by atoms with Crippen molar-refractivity contribution >= 4 is 5.97 Å². The third kappa shape index (κ3) is 3.43. The maximum Gasteiger partial charge on any atom is 0.360 e. The highest BCUT2D eigenvalue weighted by Gasteiger charge is 2.20. The van der Waals surface area contributed by atoms with Crippen molar-refractivity contribution in [1.29, 1.82) is 0 Å². The van der Waals surface area contributed by atoms with Crippen LogP contribution in [0.3, 0.4) is 0 Å². The second kappa shape index (κ2) is 6.94. The fourth-order valence-electron chi connectivity index (χ4n) is 1.95. The highest BCUT2D eigenvalue weighted by molar-refractivity contribution is 5.88. The van der Waals surface area contributed by atoms with Gasteiger partial charge in [-0.1, -0.05) is 23.4 Å². The zero-order valence-corrected chi connectivity index (χ0v) is 11.9. The van der Waals surface area contributed by atoms with Gasteiger partial charge in [0.15, 0.2) is 5.69 Å². The van der Waals surface area contributed by atoms with Crippen molar-refractivity contribution in [2.75, 3.05) is 20.8 Å². The van der Waals surface area contributed by atoms with Gasteiger partial charge in [-0.25, -0.2) is 13.9 Å². The SMILES string of the molecule is COCCc1c(C(=O)OC)nnn1Cc1ccccc1F. The minimum atomic E-state index is -0.569. The number of carbonyl (C=O) groups is 1.